The molecule has 1 saturated carbocycles. The Labute approximate surface area is 108 Å². The van der Waals surface area contributed by atoms with E-state index in [1.54, 1.807) is 0 Å². The Morgan fingerprint density at radius 1 is 1.00 bits per heavy atom. The van der Waals surface area contributed by atoms with Crippen molar-refractivity contribution in [3.05, 3.63) is 35.4 Å². The van der Waals surface area contributed by atoms with E-state index in [-0.39, 0.29) is 11.8 Å². The average Bonchev–Trinajstić information content (AvgIpc) is 2.55. The first kappa shape index (κ1) is 10.5. The first-order chi connectivity index (χ1) is 6.96. The van der Waals surface area contributed by atoms with Crippen molar-refractivity contribution in [3.8, 4) is 0 Å². The molecule has 2 atom stereocenters. The summed E-state index contributed by atoms with van der Waals surface area (Å²) < 4.78 is -2.09. The molecule has 0 saturated heterocycles. The number of rotatable bonds is 0. The minimum absolute atomic E-state index is 0.0760. The van der Waals surface area contributed by atoms with E-state index >= 15 is 0 Å². The van der Waals surface area contributed by atoms with Crippen molar-refractivity contribution < 1.29 is 0 Å². The van der Waals surface area contributed by atoms with Gasteiger partial charge in [0.1, 0.15) is 0 Å². The molecule has 4 heteroatoms. The van der Waals surface area contributed by atoms with Crippen LogP contribution in [0.2, 0.25) is 0 Å². The Balaban J connectivity index is 2.11. The molecular formula is C11H8Cl4. The summed E-state index contributed by atoms with van der Waals surface area (Å²) in [4.78, 5) is 0. The van der Waals surface area contributed by atoms with Crippen molar-refractivity contribution in [2.45, 2.75) is 21.0 Å². The highest BCUT2D eigenvalue weighted by molar-refractivity contribution is 6.64. The average molecular weight is 282 g/mol. The van der Waals surface area contributed by atoms with Gasteiger partial charge in [-0.3, -0.25) is 0 Å². The third-order valence-electron chi connectivity index (χ3n) is 3.53. The molecule has 0 amide bonds. The van der Waals surface area contributed by atoms with Crippen molar-refractivity contribution in [3.63, 3.8) is 0 Å². The maximum absolute atomic E-state index is 6.23. The van der Waals surface area contributed by atoms with Crippen molar-refractivity contribution in [2.24, 2.45) is 5.92 Å². The van der Waals surface area contributed by atoms with E-state index in [0.29, 0.717) is 0 Å². The highest BCUT2D eigenvalue weighted by Gasteiger charge is 2.72. The zero-order valence-corrected chi connectivity index (χ0v) is 10.7. The number of benzene rings is 1. The maximum Gasteiger partial charge on any atom is 0.158 e. The van der Waals surface area contributed by atoms with Crippen LogP contribution >= 0.6 is 46.4 Å². The van der Waals surface area contributed by atoms with E-state index in [1.165, 1.54) is 11.1 Å². The SMILES string of the molecule is ClC1(Cl)[C@@H]2Cc3ccccc3[C@@H]2C1(Cl)Cl. The highest BCUT2D eigenvalue weighted by Crippen LogP contribution is 2.72. The van der Waals surface area contributed by atoms with Gasteiger partial charge in [0.15, 0.2) is 8.67 Å². The van der Waals surface area contributed by atoms with Crippen LogP contribution < -0.4 is 0 Å². The van der Waals surface area contributed by atoms with Crippen LogP contribution in [0.1, 0.15) is 17.0 Å². The second-order valence-electron chi connectivity index (χ2n) is 4.23. The van der Waals surface area contributed by atoms with Gasteiger partial charge in [0.05, 0.1) is 0 Å². The summed E-state index contributed by atoms with van der Waals surface area (Å²) in [6.07, 6.45) is 0.870. The van der Waals surface area contributed by atoms with Crippen LogP contribution in [0, 0.1) is 5.92 Å². The first-order valence-electron chi connectivity index (χ1n) is 4.79. The number of fused-ring (bicyclic) bond motifs is 3. The third-order valence-corrected chi connectivity index (χ3v) is 6.14. The molecule has 0 N–H and O–H groups in total. The Hall–Kier alpha value is 0.380. The van der Waals surface area contributed by atoms with Crippen molar-refractivity contribution >= 4 is 46.4 Å². The second kappa shape index (κ2) is 2.98. The van der Waals surface area contributed by atoms with Gasteiger partial charge in [-0.25, -0.2) is 0 Å². The molecule has 1 aromatic rings. The Bertz CT molecular complexity index is 424. The van der Waals surface area contributed by atoms with Crippen LogP contribution in [-0.2, 0) is 6.42 Å². The monoisotopic (exact) mass is 280 g/mol. The Kier molecular flexibility index (Phi) is 2.09. The molecule has 1 fully saturated rings. The van der Waals surface area contributed by atoms with Gasteiger partial charge >= 0.3 is 0 Å². The van der Waals surface area contributed by atoms with Gasteiger partial charge in [0.2, 0.25) is 0 Å². The number of hydrogen-bond donors (Lipinski definition) is 0. The van der Waals surface area contributed by atoms with E-state index < -0.39 is 8.67 Å². The van der Waals surface area contributed by atoms with E-state index in [1.807, 2.05) is 12.1 Å². The van der Waals surface area contributed by atoms with Gasteiger partial charge in [-0.05, 0) is 17.5 Å². The largest absolute Gasteiger partial charge is 0.158 e. The van der Waals surface area contributed by atoms with E-state index in [4.69, 9.17) is 46.4 Å². The van der Waals surface area contributed by atoms with Crippen LogP contribution in [0.4, 0.5) is 0 Å². The first-order valence-corrected chi connectivity index (χ1v) is 6.31. The number of hydrogen-bond acceptors (Lipinski definition) is 0. The van der Waals surface area contributed by atoms with Crippen molar-refractivity contribution in [2.75, 3.05) is 0 Å². The van der Waals surface area contributed by atoms with Gasteiger partial charge in [-0.1, -0.05) is 70.7 Å². The van der Waals surface area contributed by atoms with Gasteiger partial charge in [-0.15, -0.1) is 0 Å². The minimum Gasteiger partial charge on any atom is -0.0979 e. The summed E-state index contributed by atoms with van der Waals surface area (Å²) >= 11 is 24.8. The van der Waals surface area contributed by atoms with Crippen LogP contribution in [0.25, 0.3) is 0 Å². The molecular weight excluding hydrogens is 274 g/mol. The highest BCUT2D eigenvalue weighted by atomic mass is 35.5. The molecule has 3 rings (SSSR count). The molecule has 0 unspecified atom stereocenters. The summed E-state index contributed by atoms with van der Waals surface area (Å²) in [6, 6.07) is 8.15. The second-order valence-corrected chi connectivity index (χ2v) is 7.00. The summed E-state index contributed by atoms with van der Waals surface area (Å²) in [5.74, 6) is 0.222. The predicted molar refractivity (Wildman–Crippen MR) is 65.3 cm³/mol. The Morgan fingerprint density at radius 3 is 2.40 bits per heavy atom. The fourth-order valence-corrected chi connectivity index (χ4v) is 4.20. The number of alkyl halides is 4. The maximum atomic E-state index is 6.23. The molecule has 0 aliphatic heterocycles. The van der Waals surface area contributed by atoms with Gasteiger partial charge in [0.25, 0.3) is 0 Å². The molecule has 0 heterocycles. The standard InChI is InChI=1S/C11H8Cl4/c12-10(13)8-5-6-3-1-2-4-7(6)9(8)11(10,14)15/h1-4,8-9H,5H2/t8-,9+/m1/s1. The number of halogens is 4. The third kappa shape index (κ3) is 1.12. The molecule has 0 spiro atoms. The fourth-order valence-electron chi connectivity index (χ4n) is 2.74. The quantitative estimate of drug-likeness (QED) is 0.622. The van der Waals surface area contributed by atoms with Crippen LogP contribution in [0.15, 0.2) is 24.3 Å². The lowest BCUT2D eigenvalue weighted by atomic mass is 9.72. The summed E-state index contributed by atoms with van der Waals surface area (Å²) in [5, 5.41) is 0. The molecule has 0 aromatic heterocycles. The smallest absolute Gasteiger partial charge is 0.0979 e. The molecule has 2 aliphatic carbocycles. The van der Waals surface area contributed by atoms with E-state index in [2.05, 4.69) is 12.1 Å². The lowest BCUT2D eigenvalue weighted by Crippen LogP contribution is -2.60. The normalized spacial score (nSPS) is 34.1. The van der Waals surface area contributed by atoms with Gasteiger partial charge in [-0.2, -0.15) is 0 Å². The Morgan fingerprint density at radius 2 is 1.67 bits per heavy atom. The minimum atomic E-state index is -1.06. The molecule has 1 aromatic carbocycles. The fraction of sp³-hybridized carbons (Fsp3) is 0.455. The zero-order valence-electron chi connectivity index (χ0n) is 7.68. The molecule has 80 valence electrons. The lowest BCUT2D eigenvalue weighted by Gasteiger charge is -2.54. The van der Waals surface area contributed by atoms with Crippen LogP contribution in [0.3, 0.4) is 0 Å². The van der Waals surface area contributed by atoms with Crippen LogP contribution in [0.5, 0.6) is 0 Å². The topological polar surface area (TPSA) is 0 Å². The summed E-state index contributed by atoms with van der Waals surface area (Å²) in [5.41, 5.74) is 2.46. The molecule has 15 heavy (non-hydrogen) atoms. The van der Waals surface area contributed by atoms with Gasteiger partial charge in [0, 0.05) is 11.8 Å². The molecule has 0 bridgehead atoms. The van der Waals surface area contributed by atoms with Crippen molar-refractivity contribution in [1.29, 1.82) is 0 Å². The molecule has 0 radical (unpaired) electrons. The van der Waals surface area contributed by atoms with E-state index in [0.717, 1.165) is 6.42 Å². The lowest BCUT2D eigenvalue weighted by molar-refractivity contribution is 0.233. The molecule has 2 aliphatic rings. The predicted octanol–water partition coefficient (Wildman–Crippen LogP) is 4.30. The van der Waals surface area contributed by atoms with Crippen LogP contribution in [-0.4, -0.2) is 8.67 Å². The zero-order chi connectivity index (χ0) is 10.8. The molecule has 0 nitrogen and oxygen atoms in total. The summed E-state index contributed by atoms with van der Waals surface area (Å²) in [6.45, 7) is 0. The van der Waals surface area contributed by atoms with Crippen molar-refractivity contribution in [1.82, 2.24) is 0 Å². The van der Waals surface area contributed by atoms with Gasteiger partial charge < -0.3 is 0 Å². The summed E-state index contributed by atoms with van der Waals surface area (Å²) in [7, 11) is 0. The van der Waals surface area contributed by atoms with E-state index in [9.17, 15) is 0 Å².